The number of carbonyl (C=O) groups is 1. The van der Waals surface area contributed by atoms with Crippen LogP contribution >= 0.6 is 15.9 Å². The summed E-state index contributed by atoms with van der Waals surface area (Å²) in [5.74, 6) is 3.75. The smallest absolute Gasteiger partial charge is 0.147 e. The van der Waals surface area contributed by atoms with Crippen LogP contribution in [0.15, 0.2) is 0 Å². The topological polar surface area (TPSA) is 37.3 Å². The number of halogens is 2. The molecule has 25 heavy (non-hydrogen) atoms. The van der Waals surface area contributed by atoms with Crippen LogP contribution in [0.25, 0.3) is 0 Å². The maximum Gasteiger partial charge on any atom is 0.147 e. The number of hydrogen-bond acceptors (Lipinski definition) is 2. The molecule has 5 rings (SSSR count). The minimum Gasteiger partial charge on any atom is -0.386 e. The molecule has 5 saturated carbocycles. The number of ketones is 1. The molecule has 5 fully saturated rings. The second kappa shape index (κ2) is 5.53. The molecule has 2 unspecified atom stereocenters. The fourth-order valence-corrected chi connectivity index (χ4v) is 8.77. The van der Waals surface area contributed by atoms with E-state index in [9.17, 15) is 14.3 Å². The van der Waals surface area contributed by atoms with Gasteiger partial charge < -0.3 is 5.11 Å². The lowest BCUT2D eigenvalue weighted by Crippen LogP contribution is -2.50. The Hall–Kier alpha value is 0.0400. The third kappa shape index (κ3) is 2.13. The normalized spacial score (nSPS) is 59.4. The minimum atomic E-state index is -0.960. The zero-order chi connectivity index (χ0) is 17.6. The lowest BCUT2D eigenvalue weighted by atomic mass is 9.49. The van der Waals surface area contributed by atoms with Crippen molar-refractivity contribution in [2.75, 3.05) is 5.33 Å². The first kappa shape index (κ1) is 17.2. The Bertz CT molecular complexity index is 596. The molecule has 0 aromatic heterocycles. The number of fused-ring (bicyclic) bond motifs is 7. The van der Waals surface area contributed by atoms with Crippen LogP contribution in [0.2, 0.25) is 0 Å². The molecule has 0 amide bonds. The summed E-state index contributed by atoms with van der Waals surface area (Å²) in [7, 11) is 0. The molecule has 4 heteroatoms. The van der Waals surface area contributed by atoms with Gasteiger partial charge in [-0.15, -0.1) is 0 Å². The SMILES string of the molecule is C[C@]12CC[C@@H]3[C@H]4CC[C@]5(O)C(F)C5[C@@H]4CC[C@H]3[C@@H]1CC[C@@H]2C(=O)CBr. The Kier molecular flexibility index (Phi) is 3.80. The van der Waals surface area contributed by atoms with Crippen LogP contribution < -0.4 is 0 Å². The summed E-state index contributed by atoms with van der Waals surface area (Å²) in [5, 5.41) is 10.9. The van der Waals surface area contributed by atoms with Gasteiger partial charge in [-0.1, -0.05) is 22.9 Å². The minimum absolute atomic E-state index is 0.0631. The zero-order valence-corrected chi connectivity index (χ0v) is 16.7. The maximum atomic E-state index is 14.2. The highest BCUT2D eigenvalue weighted by molar-refractivity contribution is 9.09. The molecule has 1 N–H and O–H groups in total. The Balaban J connectivity index is 1.39. The second-order valence-corrected chi connectivity index (χ2v) is 10.6. The lowest BCUT2D eigenvalue weighted by Gasteiger charge is -2.55. The van der Waals surface area contributed by atoms with Gasteiger partial charge in [0.25, 0.3) is 0 Å². The van der Waals surface area contributed by atoms with E-state index in [-0.39, 0.29) is 17.3 Å². The van der Waals surface area contributed by atoms with E-state index in [1.54, 1.807) is 0 Å². The molecule has 0 spiro atoms. The van der Waals surface area contributed by atoms with Crippen molar-refractivity contribution in [3.63, 3.8) is 0 Å². The molecule has 5 aliphatic rings. The van der Waals surface area contributed by atoms with Gasteiger partial charge in [0, 0.05) is 11.8 Å². The largest absolute Gasteiger partial charge is 0.386 e. The summed E-state index contributed by atoms with van der Waals surface area (Å²) in [4.78, 5) is 12.5. The van der Waals surface area contributed by atoms with Gasteiger partial charge >= 0.3 is 0 Å². The van der Waals surface area contributed by atoms with E-state index in [0.717, 1.165) is 25.2 Å². The summed E-state index contributed by atoms with van der Waals surface area (Å²) in [6.45, 7) is 2.39. The van der Waals surface area contributed by atoms with Gasteiger partial charge in [-0.3, -0.25) is 4.79 Å². The number of aliphatic hydroxyl groups is 1. The number of carbonyl (C=O) groups excluding carboxylic acids is 1. The molecule has 0 aliphatic heterocycles. The fraction of sp³-hybridized carbons (Fsp3) is 0.952. The van der Waals surface area contributed by atoms with E-state index in [1.165, 1.54) is 25.7 Å². The van der Waals surface area contributed by atoms with Crippen molar-refractivity contribution in [1.29, 1.82) is 0 Å². The van der Waals surface area contributed by atoms with Crippen LogP contribution in [0.1, 0.15) is 58.3 Å². The third-order valence-electron chi connectivity index (χ3n) is 9.55. The monoisotopic (exact) mass is 412 g/mol. The highest BCUT2D eigenvalue weighted by Crippen LogP contribution is 2.69. The maximum absolute atomic E-state index is 14.2. The molecule has 10 atom stereocenters. The van der Waals surface area contributed by atoms with E-state index in [0.29, 0.717) is 41.2 Å². The summed E-state index contributed by atoms with van der Waals surface area (Å²) < 4.78 is 14.2. The van der Waals surface area contributed by atoms with Crippen LogP contribution in [0.3, 0.4) is 0 Å². The van der Waals surface area contributed by atoms with Crippen molar-refractivity contribution in [2.24, 2.45) is 46.8 Å². The molecule has 0 radical (unpaired) electrons. The molecule has 0 aromatic rings. The molecule has 0 aromatic carbocycles. The molecule has 0 saturated heterocycles. The third-order valence-corrected chi connectivity index (χ3v) is 10.1. The first-order valence-corrected chi connectivity index (χ1v) is 11.5. The molecule has 0 heterocycles. The zero-order valence-electron chi connectivity index (χ0n) is 15.1. The highest BCUT2D eigenvalue weighted by atomic mass is 79.9. The molecular formula is C21H30BrFO2. The Morgan fingerprint density at radius 2 is 1.72 bits per heavy atom. The van der Waals surface area contributed by atoms with Gasteiger partial charge in [-0.2, -0.15) is 0 Å². The number of rotatable bonds is 2. The van der Waals surface area contributed by atoms with Crippen molar-refractivity contribution in [1.82, 2.24) is 0 Å². The van der Waals surface area contributed by atoms with Crippen molar-refractivity contribution < 1.29 is 14.3 Å². The van der Waals surface area contributed by atoms with E-state index in [2.05, 4.69) is 22.9 Å². The molecule has 0 bridgehead atoms. The quantitative estimate of drug-likeness (QED) is 0.676. The summed E-state index contributed by atoms with van der Waals surface area (Å²) in [5.41, 5.74) is -0.769. The molecular weight excluding hydrogens is 383 g/mol. The van der Waals surface area contributed by atoms with Gasteiger partial charge in [-0.25, -0.2) is 4.39 Å². The van der Waals surface area contributed by atoms with Gasteiger partial charge in [0.1, 0.15) is 17.6 Å². The second-order valence-electron chi connectivity index (χ2n) is 10.1. The summed E-state index contributed by atoms with van der Waals surface area (Å²) >= 11 is 3.39. The lowest BCUT2D eigenvalue weighted by molar-refractivity contribution is -0.128. The number of Topliss-reactive ketones (excluding diaryl/α,β-unsaturated/α-hetero) is 1. The summed E-state index contributed by atoms with van der Waals surface area (Å²) in [6, 6.07) is 0. The molecule has 140 valence electrons. The first-order chi connectivity index (χ1) is 11.9. The predicted octanol–water partition coefficient (Wildman–Crippen LogP) is 4.53. The van der Waals surface area contributed by atoms with Gasteiger partial charge in [0.15, 0.2) is 0 Å². The van der Waals surface area contributed by atoms with Crippen LogP contribution in [-0.4, -0.2) is 28.0 Å². The average Bonchev–Trinajstić information content (AvgIpc) is 2.98. The van der Waals surface area contributed by atoms with Crippen molar-refractivity contribution in [2.45, 2.75) is 70.1 Å². The highest BCUT2D eigenvalue weighted by Gasteiger charge is 2.72. The average molecular weight is 413 g/mol. The molecule has 5 aliphatic carbocycles. The van der Waals surface area contributed by atoms with Crippen molar-refractivity contribution >= 4 is 21.7 Å². The Morgan fingerprint density at radius 3 is 2.48 bits per heavy atom. The van der Waals surface area contributed by atoms with Crippen LogP contribution in [-0.2, 0) is 4.79 Å². The van der Waals surface area contributed by atoms with Gasteiger partial charge in [-0.05, 0) is 86.4 Å². The number of alkyl halides is 2. The van der Waals surface area contributed by atoms with Crippen LogP contribution in [0.5, 0.6) is 0 Å². The Morgan fingerprint density at radius 1 is 1.04 bits per heavy atom. The Labute approximate surface area is 158 Å². The predicted molar refractivity (Wildman–Crippen MR) is 98.1 cm³/mol. The van der Waals surface area contributed by atoms with E-state index in [4.69, 9.17) is 0 Å². The number of hydrogen-bond donors (Lipinski definition) is 1. The van der Waals surface area contributed by atoms with E-state index >= 15 is 0 Å². The summed E-state index contributed by atoms with van der Waals surface area (Å²) in [6.07, 6.45) is 7.69. The van der Waals surface area contributed by atoms with Gasteiger partial charge in [0.05, 0.1) is 5.33 Å². The van der Waals surface area contributed by atoms with E-state index < -0.39 is 11.8 Å². The fourth-order valence-electron chi connectivity index (χ4n) is 8.37. The van der Waals surface area contributed by atoms with Crippen LogP contribution in [0.4, 0.5) is 4.39 Å². The standard InChI is InChI=1S/C21H30BrFO2/c1-20-8-6-11-12-7-9-21(25)18(19(21)23)14(12)3-2-13(11)15(20)4-5-16(20)17(24)10-22/h11-16,18-19,25H,2-10H2,1H3/t11-,12-,13-,14-,15+,16-,18?,19?,20+,21-/m1/s1. The molecule has 2 nitrogen and oxygen atoms in total. The van der Waals surface area contributed by atoms with Crippen LogP contribution in [0, 0.1) is 46.8 Å². The van der Waals surface area contributed by atoms with Gasteiger partial charge in [0.2, 0.25) is 0 Å². The van der Waals surface area contributed by atoms with Crippen molar-refractivity contribution in [3.8, 4) is 0 Å². The van der Waals surface area contributed by atoms with E-state index in [1.807, 2.05) is 0 Å². The first-order valence-electron chi connectivity index (χ1n) is 10.4. The van der Waals surface area contributed by atoms with Crippen molar-refractivity contribution in [3.05, 3.63) is 0 Å².